The highest BCUT2D eigenvalue weighted by molar-refractivity contribution is 5.26. The summed E-state index contributed by atoms with van der Waals surface area (Å²) < 4.78 is 11.0. The third-order valence-electron chi connectivity index (χ3n) is 1.95. The van der Waals surface area contributed by atoms with E-state index in [9.17, 15) is 0 Å². The van der Waals surface area contributed by atoms with Gasteiger partial charge in [-0.15, -0.1) is 6.58 Å². The molecule has 1 aromatic rings. The lowest BCUT2D eigenvalue weighted by Crippen LogP contribution is -2.19. The molecule has 1 rings (SSSR count). The van der Waals surface area contributed by atoms with Crippen molar-refractivity contribution in [2.45, 2.75) is 34.8 Å². The fourth-order valence-corrected chi connectivity index (χ4v) is 1.20. The Kier molecular flexibility index (Phi) is 10.6. The number of rotatable bonds is 6. The van der Waals surface area contributed by atoms with Gasteiger partial charge in [0.15, 0.2) is 0 Å². The van der Waals surface area contributed by atoms with Gasteiger partial charge in [0, 0.05) is 0 Å². The molecule has 0 saturated heterocycles. The average Bonchev–Trinajstić information content (AvgIpc) is 2.22. The number of benzene rings is 1. The van der Waals surface area contributed by atoms with Crippen LogP contribution in [0.15, 0.2) is 36.9 Å². The van der Waals surface area contributed by atoms with Crippen LogP contribution >= 0.6 is 0 Å². The van der Waals surface area contributed by atoms with Crippen molar-refractivity contribution in [1.82, 2.24) is 0 Å². The molecular formula is C15H26O2. The molecule has 1 unspecified atom stereocenters. The quantitative estimate of drug-likeness (QED) is 0.545. The number of ether oxygens (including phenoxy) is 2. The van der Waals surface area contributed by atoms with Crippen molar-refractivity contribution in [1.29, 1.82) is 0 Å². The Morgan fingerprint density at radius 3 is 2.35 bits per heavy atom. The molecule has 0 bridgehead atoms. The molecule has 0 spiro atoms. The van der Waals surface area contributed by atoms with E-state index in [1.54, 1.807) is 6.08 Å². The molecule has 0 N–H and O–H groups in total. The lowest BCUT2D eigenvalue weighted by molar-refractivity contribution is 0.0737. The van der Waals surface area contributed by atoms with Crippen LogP contribution in [0.5, 0.6) is 5.75 Å². The Labute approximate surface area is 106 Å². The fourth-order valence-electron chi connectivity index (χ4n) is 1.20. The number of aryl methyl sites for hydroxylation is 1. The maximum absolute atomic E-state index is 5.66. The van der Waals surface area contributed by atoms with Gasteiger partial charge in [-0.25, -0.2) is 0 Å². The standard InChI is InChI=1S/C13H18O2.2CH4/c1-4-9-14-10-12(3)15-13-7-5-11(2)6-8-13;;/h4-8,12H,1,9-10H2,2-3H3;2*1H4. The van der Waals surface area contributed by atoms with Crippen LogP contribution in [0, 0.1) is 6.92 Å². The van der Waals surface area contributed by atoms with E-state index in [2.05, 4.69) is 13.5 Å². The summed E-state index contributed by atoms with van der Waals surface area (Å²) in [6, 6.07) is 8.01. The smallest absolute Gasteiger partial charge is 0.119 e. The summed E-state index contributed by atoms with van der Waals surface area (Å²) in [5.74, 6) is 0.885. The first-order valence-corrected chi connectivity index (χ1v) is 5.14. The minimum absolute atomic E-state index is 0. The first-order valence-electron chi connectivity index (χ1n) is 5.14. The topological polar surface area (TPSA) is 18.5 Å². The third kappa shape index (κ3) is 7.58. The highest BCUT2D eigenvalue weighted by Crippen LogP contribution is 2.13. The van der Waals surface area contributed by atoms with Gasteiger partial charge in [0.25, 0.3) is 0 Å². The Morgan fingerprint density at radius 1 is 1.24 bits per heavy atom. The average molecular weight is 238 g/mol. The van der Waals surface area contributed by atoms with Crippen LogP contribution in [0.1, 0.15) is 27.3 Å². The molecule has 0 amide bonds. The Morgan fingerprint density at radius 2 is 1.82 bits per heavy atom. The van der Waals surface area contributed by atoms with Crippen molar-refractivity contribution in [3.8, 4) is 5.75 Å². The zero-order valence-corrected chi connectivity index (χ0v) is 9.40. The molecule has 0 aromatic heterocycles. The van der Waals surface area contributed by atoms with Crippen LogP contribution in [0.3, 0.4) is 0 Å². The van der Waals surface area contributed by atoms with Gasteiger partial charge in [-0.3, -0.25) is 0 Å². The zero-order chi connectivity index (χ0) is 11.1. The van der Waals surface area contributed by atoms with E-state index in [4.69, 9.17) is 9.47 Å². The Balaban J connectivity index is 0. The summed E-state index contributed by atoms with van der Waals surface area (Å²) in [6.07, 6.45) is 1.80. The molecule has 2 heteroatoms. The Hall–Kier alpha value is -1.28. The van der Waals surface area contributed by atoms with Gasteiger partial charge in [0.05, 0.1) is 13.2 Å². The fraction of sp³-hybridized carbons (Fsp3) is 0.467. The Bertz CT molecular complexity index is 290. The van der Waals surface area contributed by atoms with E-state index >= 15 is 0 Å². The van der Waals surface area contributed by atoms with Crippen molar-refractivity contribution in [2.24, 2.45) is 0 Å². The summed E-state index contributed by atoms with van der Waals surface area (Å²) in [6.45, 7) is 8.78. The van der Waals surface area contributed by atoms with Crippen LogP contribution in [0.25, 0.3) is 0 Å². The molecule has 1 aromatic carbocycles. The molecule has 98 valence electrons. The largest absolute Gasteiger partial charge is 0.488 e. The molecule has 0 saturated carbocycles. The molecule has 0 aliphatic rings. The maximum atomic E-state index is 5.66. The molecule has 17 heavy (non-hydrogen) atoms. The van der Waals surface area contributed by atoms with Crippen LogP contribution in [-0.2, 0) is 4.74 Å². The predicted octanol–water partition coefficient (Wildman–Crippen LogP) is 4.24. The lowest BCUT2D eigenvalue weighted by atomic mass is 10.2. The zero-order valence-electron chi connectivity index (χ0n) is 9.40. The number of hydrogen-bond donors (Lipinski definition) is 0. The lowest BCUT2D eigenvalue weighted by Gasteiger charge is -2.14. The second kappa shape index (κ2) is 9.91. The molecule has 0 aliphatic carbocycles. The second-order valence-corrected chi connectivity index (χ2v) is 3.57. The summed E-state index contributed by atoms with van der Waals surface area (Å²) in [5.41, 5.74) is 1.23. The van der Waals surface area contributed by atoms with Gasteiger partial charge in [-0.05, 0) is 26.0 Å². The molecule has 1 atom stereocenters. The normalized spacial score (nSPS) is 10.7. The van der Waals surface area contributed by atoms with E-state index in [1.165, 1.54) is 5.56 Å². The summed E-state index contributed by atoms with van der Waals surface area (Å²) in [4.78, 5) is 0. The summed E-state index contributed by atoms with van der Waals surface area (Å²) >= 11 is 0. The maximum Gasteiger partial charge on any atom is 0.119 e. The van der Waals surface area contributed by atoms with Crippen LogP contribution in [0.4, 0.5) is 0 Å². The third-order valence-corrected chi connectivity index (χ3v) is 1.95. The van der Waals surface area contributed by atoms with Crippen molar-refractivity contribution in [3.05, 3.63) is 42.5 Å². The molecule has 2 nitrogen and oxygen atoms in total. The van der Waals surface area contributed by atoms with E-state index in [0.717, 1.165) is 5.75 Å². The van der Waals surface area contributed by atoms with E-state index in [-0.39, 0.29) is 21.0 Å². The monoisotopic (exact) mass is 238 g/mol. The summed E-state index contributed by atoms with van der Waals surface area (Å²) in [5, 5.41) is 0. The molecule has 0 radical (unpaired) electrons. The van der Waals surface area contributed by atoms with E-state index < -0.39 is 0 Å². The molecule has 0 heterocycles. The predicted molar refractivity (Wildman–Crippen MR) is 75.7 cm³/mol. The summed E-state index contributed by atoms with van der Waals surface area (Å²) in [7, 11) is 0. The highest BCUT2D eigenvalue weighted by atomic mass is 16.5. The van der Waals surface area contributed by atoms with E-state index in [1.807, 2.05) is 31.2 Å². The van der Waals surface area contributed by atoms with Gasteiger partial charge in [0.2, 0.25) is 0 Å². The molecular weight excluding hydrogens is 212 g/mol. The van der Waals surface area contributed by atoms with Crippen molar-refractivity contribution >= 4 is 0 Å². The second-order valence-electron chi connectivity index (χ2n) is 3.57. The van der Waals surface area contributed by atoms with Gasteiger partial charge in [-0.1, -0.05) is 38.6 Å². The van der Waals surface area contributed by atoms with Gasteiger partial charge in [-0.2, -0.15) is 0 Å². The van der Waals surface area contributed by atoms with Crippen molar-refractivity contribution in [2.75, 3.05) is 13.2 Å². The molecule has 0 aliphatic heterocycles. The minimum Gasteiger partial charge on any atom is -0.488 e. The van der Waals surface area contributed by atoms with Crippen molar-refractivity contribution < 1.29 is 9.47 Å². The van der Waals surface area contributed by atoms with E-state index in [0.29, 0.717) is 13.2 Å². The van der Waals surface area contributed by atoms with Gasteiger partial charge in [0.1, 0.15) is 11.9 Å². The van der Waals surface area contributed by atoms with Crippen LogP contribution in [-0.4, -0.2) is 19.3 Å². The van der Waals surface area contributed by atoms with Crippen LogP contribution in [0.2, 0.25) is 0 Å². The SMILES string of the molecule is C.C.C=CCOCC(C)Oc1ccc(C)cc1. The first kappa shape index (κ1) is 18.1. The van der Waals surface area contributed by atoms with Gasteiger partial charge < -0.3 is 9.47 Å². The van der Waals surface area contributed by atoms with Crippen LogP contribution < -0.4 is 4.74 Å². The molecule has 0 fully saturated rings. The highest BCUT2D eigenvalue weighted by Gasteiger charge is 2.02. The van der Waals surface area contributed by atoms with Gasteiger partial charge >= 0.3 is 0 Å². The first-order chi connectivity index (χ1) is 7.22. The minimum atomic E-state index is 0. The number of hydrogen-bond acceptors (Lipinski definition) is 2. The van der Waals surface area contributed by atoms with Crippen molar-refractivity contribution in [3.63, 3.8) is 0 Å².